The summed E-state index contributed by atoms with van der Waals surface area (Å²) in [5, 5.41) is 0. The second-order valence-electron chi connectivity index (χ2n) is 4.99. The van der Waals surface area contributed by atoms with Gasteiger partial charge in [-0.2, -0.15) is 0 Å². The number of hydrogen-bond donors (Lipinski definition) is 0. The SMILES string of the molecule is CCN1C(=O)/C(=C/c2ccc([C@@H]3C[C@@H]3C)o2)SC1=S. The van der Waals surface area contributed by atoms with Gasteiger partial charge in [0.15, 0.2) is 0 Å². The molecular weight excluding hydrogens is 278 g/mol. The van der Waals surface area contributed by atoms with Crippen LogP contribution in [0.25, 0.3) is 6.08 Å². The zero-order chi connectivity index (χ0) is 13.6. The third-order valence-electron chi connectivity index (χ3n) is 3.59. The standard InChI is InChI=1S/C14H15NO2S2/c1-3-15-13(16)12(19-14(15)18)7-9-4-5-11(17-9)10-6-8(10)2/h4-5,7-8,10H,3,6H2,1-2H3/b12-7-/t8-,10+/m0/s1. The minimum atomic E-state index is -0.0183. The summed E-state index contributed by atoms with van der Waals surface area (Å²) in [6, 6.07) is 3.94. The molecule has 19 heavy (non-hydrogen) atoms. The Balaban J connectivity index is 1.80. The van der Waals surface area contributed by atoms with Crippen molar-refractivity contribution >= 4 is 40.3 Å². The van der Waals surface area contributed by atoms with E-state index in [1.165, 1.54) is 18.2 Å². The lowest BCUT2D eigenvalue weighted by Gasteiger charge is -2.09. The molecule has 2 atom stereocenters. The van der Waals surface area contributed by atoms with Gasteiger partial charge in [-0.15, -0.1) is 0 Å². The van der Waals surface area contributed by atoms with Crippen LogP contribution >= 0.6 is 24.0 Å². The Morgan fingerprint density at radius 3 is 2.89 bits per heavy atom. The van der Waals surface area contributed by atoms with E-state index in [9.17, 15) is 4.79 Å². The Morgan fingerprint density at radius 1 is 1.58 bits per heavy atom. The van der Waals surface area contributed by atoms with Crippen LogP contribution in [0.3, 0.4) is 0 Å². The third kappa shape index (κ3) is 2.37. The second-order valence-corrected chi connectivity index (χ2v) is 6.66. The highest BCUT2D eigenvalue weighted by molar-refractivity contribution is 8.26. The predicted molar refractivity (Wildman–Crippen MR) is 80.8 cm³/mol. The quantitative estimate of drug-likeness (QED) is 0.629. The van der Waals surface area contributed by atoms with Crippen LogP contribution in [0, 0.1) is 5.92 Å². The molecule has 5 heteroatoms. The molecule has 1 aromatic heterocycles. The molecule has 2 aliphatic rings. The summed E-state index contributed by atoms with van der Waals surface area (Å²) >= 11 is 6.52. The van der Waals surface area contributed by atoms with E-state index in [0.29, 0.717) is 21.7 Å². The first-order valence-electron chi connectivity index (χ1n) is 6.45. The molecule has 3 rings (SSSR count). The molecule has 1 aliphatic heterocycles. The lowest BCUT2D eigenvalue weighted by atomic mass is 10.3. The topological polar surface area (TPSA) is 33.5 Å². The van der Waals surface area contributed by atoms with E-state index < -0.39 is 0 Å². The van der Waals surface area contributed by atoms with Crippen LogP contribution < -0.4 is 0 Å². The largest absolute Gasteiger partial charge is 0.461 e. The van der Waals surface area contributed by atoms with Crippen molar-refractivity contribution in [2.24, 2.45) is 5.92 Å². The Morgan fingerprint density at radius 2 is 2.32 bits per heavy atom. The van der Waals surface area contributed by atoms with Crippen LogP contribution in [0.15, 0.2) is 21.5 Å². The first kappa shape index (κ1) is 12.9. The monoisotopic (exact) mass is 293 g/mol. The summed E-state index contributed by atoms with van der Waals surface area (Å²) in [5.41, 5.74) is 0. The predicted octanol–water partition coefficient (Wildman–Crippen LogP) is 3.62. The molecule has 1 amide bonds. The van der Waals surface area contributed by atoms with Crippen molar-refractivity contribution in [1.82, 2.24) is 4.90 Å². The maximum Gasteiger partial charge on any atom is 0.266 e. The van der Waals surface area contributed by atoms with Crippen molar-refractivity contribution in [3.63, 3.8) is 0 Å². The van der Waals surface area contributed by atoms with E-state index in [0.717, 1.165) is 17.4 Å². The summed E-state index contributed by atoms with van der Waals surface area (Å²) in [7, 11) is 0. The molecule has 100 valence electrons. The van der Waals surface area contributed by atoms with E-state index in [1.807, 2.05) is 19.1 Å². The van der Waals surface area contributed by atoms with Crippen LogP contribution in [0.2, 0.25) is 0 Å². The fraction of sp³-hybridized carbons (Fsp3) is 0.429. The molecule has 1 saturated heterocycles. The van der Waals surface area contributed by atoms with E-state index >= 15 is 0 Å². The first-order valence-corrected chi connectivity index (χ1v) is 7.67. The van der Waals surface area contributed by atoms with E-state index in [4.69, 9.17) is 16.6 Å². The molecule has 0 aromatic carbocycles. The number of amides is 1. The lowest BCUT2D eigenvalue weighted by Crippen LogP contribution is -2.27. The van der Waals surface area contributed by atoms with E-state index in [2.05, 4.69) is 6.92 Å². The normalized spacial score (nSPS) is 28.5. The van der Waals surface area contributed by atoms with Crippen LogP contribution in [0.5, 0.6) is 0 Å². The van der Waals surface area contributed by atoms with Crippen molar-refractivity contribution in [2.45, 2.75) is 26.2 Å². The van der Waals surface area contributed by atoms with Crippen molar-refractivity contribution < 1.29 is 9.21 Å². The molecular formula is C14H15NO2S2. The van der Waals surface area contributed by atoms with Crippen molar-refractivity contribution in [1.29, 1.82) is 0 Å². The molecule has 0 N–H and O–H groups in total. The highest BCUT2D eigenvalue weighted by atomic mass is 32.2. The number of thioether (sulfide) groups is 1. The van der Waals surface area contributed by atoms with Gasteiger partial charge in [-0.3, -0.25) is 9.69 Å². The minimum absolute atomic E-state index is 0.0183. The maximum atomic E-state index is 12.1. The molecule has 0 radical (unpaired) electrons. The number of furan rings is 1. The van der Waals surface area contributed by atoms with Crippen molar-refractivity contribution in [3.8, 4) is 0 Å². The average molecular weight is 293 g/mol. The molecule has 1 saturated carbocycles. The second kappa shape index (κ2) is 4.80. The number of carbonyl (C=O) groups excluding carboxylic acids is 1. The summed E-state index contributed by atoms with van der Waals surface area (Å²) in [5.74, 6) is 3.04. The summed E-state index contributed by atoms with van der Waals surface area (Å²) in [6.07, 6.45) is 3.00. The van der Waals surface area contributed by atoms with Crippen molar-refractivity contribution in [3.05, 3.63) is 28.6 Å². The summed E-state index contributed by atoms with van der Waals surface area (Å²) < 4.78 is 6.41. The number of likely N-dealkylation sites (N-methyl/N-ethyl adjacent to an activating group) is 1. The van der Waals surface area contributed by atoms with Crippen molar-refractivity contribution in [2.75, 3.05) is 6.54 Å². The van der Waals surface area contributed by atoms with Gasteiger partial charge in [0.2, 0.25) is 0 Å². The minimum Gasteiger partial charge on any atom is -0.461 e. The Bertz CT molecular complexity index is 576. The number of nitrogens with zero attached hydrogens (tertiary/aromatic N) is 1. The Hall–Kier alpha value is -1.07. The molecule has 1 aromatic rings. The van der Waals surface area contributed by atoms with Crippen LogP contribution in [-0.2, 0) is 4.79 Å². The smallest absolute Gasteiger partial charge is 0.266 e. The van der Waals surface area contributed by atoms with Gasteiger partial charge >= 0.3 is 0 Å². The van der Waals surface area contributed by atoms with E-state index in [-0.39, 0.29) is 5.91 Å². The van der Waals surface area contributed by atoms with Gasteiger partial charge in [0.25, 0.3) is 5.91 Å². The Labute approximate surface area is 122 Å². The number of rotatable bonds is 3. The molecule has 0 spiro atoms. The molecule has 0 unspecified atom stereocenters. The Kier molecular flexibility index (Phi) is 3.27. The molecule has 1 aliphatic carbocycles. The number of thiocarbonyl (C=S) groups is 1. The van der Waals surface area contributed by atoms with Gasteiger partial charge in [0.05, 0.1) is 4.91 Å². The summed E-state index contributed by atoms with van der Waals surface area (Å²) in [6.45, 7) is 4.76. The fourth-order valence-corrected chi connectivity index (χ4v) is 3.63. The van der Waals surface area contributed by atoms with Crippen LogP contribution in [-0.4, -0.2) is 21.7 Å². The van der Waals surface area contributed by atoms with Gasteiger partial charge < -0.3 is 4.42 Å². The van der Waals surface area contributed by atoms with Gasteiger partial charge in [0, 0.05) is 18.5 Å². The molecule has 2 fully saturated rings. The van der Waals surface area contributed by atoms with Crippen LogP contribution in [0.1, 0.15) is 37.7 Å². The lowest BCUT2D eigenvalue weighted by molar-refractivity contribution is -0.121. The highest BCUT2D eigenvalue weighted by Crippen LogP contribution is 2.47. The fourth-order valence-electron chi connectivity index (χ4n) is 2.27. The zero-order valence-electron chi connectivity index (χ0n) is 10.9. The zero-order valence-corrected chi connectivity index (χ0v) is 12.5. The first-order chi connectivity index (χ1) is 9.10. The average Bonchev–Trinajstić information content (AvgIpc) is 2.83. The highest BCUT2D eigenvalue weighted by Gasteiger charge is 2.36. The van der Waals surface area contributed by atoms with Gasteiger partial charge in [-0.25, -0.2) is 0 Å². The summed E-state index contributed by atoms with van der Waals surface area (Å²) in [4.78, 5) is 14.3. The third-order valence-corrected chi connectivity index (χ3v) is 4.96. The molecule has 3 nitrogen and oxygen atoms in total. The number of carbonyl (C=O) groups is 1. The van der Waals surface area contributed by atoms with E-state index in [1.54, 1.807) is 11.0 Å². The van der Waals surface area contributed by atoms with Gasteiger partial charge in [-0.05, 0) is 31.4 Å². The maximum absolute atomic E-state index is 12.1. The number of hydrogen-bond acceptors (Lipinski definition) is 4. The van der Waals surface area contributed by atoms with Gasteiger partial charge in [-0.1, -0.05) is 30.9 Å². The molecule has 0 bridgehead atoms. The molecule has 2 heterocycles. The van der Waals surface area contributed by atoms with Crippen LogP contribution in [0.4, 0.5) is 0 Å². The van der Waals surface area contributed by atoms with Gasteiger partial charge in [0.1, 0.15) is 15.8 Å².